The van der Waals surface area contributed by atoms with Crippen molar-refractivity contribution in [3.8, 4) is 0 Å². The molecule has 0 aromatic carbocycles. The lowest BCUT2D eigenvalue weighted by molar-refractivity contribution is -0.136. The van der Waals surface area contributed by atoms with Crippen molar-refractivity contribution in [1.82, 2.24) is 4.98 Å². The normalized spacial score (nSPS) is 10.7. The SMILES string of the molecule is Cc1c(C(F)F)ncc(I)c1CC(=O)O. The number of hydrogen-bond acceptors (Lipinski definition) is 2. The second kappa shape index (κ2) is 4.82. The minimum Gasteiger partial charge on any atom is -0.481 e. The molecule has 0 aliphatic carbocycles. The van der Waals surface area contributed by atoms with Crippen molar-refractivity contribution in [3.63, 3.8) is 0 Å². The molecule has 0 aliphatic rings. The Hall–Kier alpha value is -0.790. The molecule has 0 spiro atoms. The summed E-state index contributed by atoms with van der Waals surface area (Å²) >= 11 is 1.89. The van der Waals surface area contributed by atoms with Crippen LogP contribution in [-0.2, 0) is 11.2 Å². The van der Waals surface area contributed by atoms with Crippen molar-refractivity contribution in [3.05, 3.63) is 26.6 Å². The van der Waals surface area contributed by atoms with Gasteiger partial charge in [0.15, 0.2) is 0 Å². The van der Waals surface area contributed by atoms with Gasteiger partial charge in [0, 0.05) is 9.77 Å². The van der Waals surface area contributed by atoms with Crippen LogP contribution in [0.3, 0.4) is 0 Å². The molecule has 0 fully saturated rings. The van der Waals surface area contributed by atoms with Gasteiger partial charge >= 0.3 is 5.97 Å². The van der Waals surface area contributed by atoms with E-state index in [9.17, 15) is 13.6 Å². The highest BCUT2D eigenvalue weighted by Crippen LogP contribution is 2.25. The van der Waals surface area contributed by atoms with Crippen LogP contribution in [0.2, 0.25) is 0 Å². The number of hydrogen-bond donors (Lipinski definition) is 1. The Morgan fingerprint density at radius 3 is 2.73 bits per heavy atom. The van der Waals surface area contributed by atoms with Crippen molar-refractivity contribution in [1.29, 1.82) is 0 Å². The lowest BCUT2D eigenvalue weighted by Gasteiger charge is -2.10. The summed E-state index contributed by atoms with van der Waals surface area (Å²) < 4.78 is 25.5. The Labute approximate surface area is 98.7 Å². The van der Waals surface area contributed by atoms with Crippen LogP contribution in [0.5, 0.6) is 0 Å². The molecule has 3 nitrogen and oxygen atoms in total. The van der Waals surface area contributed by atoms with E-state index in [2.05, 4.69) is 4.98 Å². The molecule has 0 aliphatic heterocycles. The molecule has 82 valence electrons. The summed E-state index contributed by atoms with van der Waals surface area (Å²) in [5, 5.41) is 8.63. The summed E-state index contributed by atoms with van der Waals surface area (Å²) in [4.78, 5) is 14.1. The largest absolute Gasteiger partial charge is 0.481 e. The van der Waals surface area contributed by atoms with Gasteiger partial charge < -0.3 is 5.11 Å². The predicted molar refractivity (Wildman–Crippen MR) is 58.0 cm³/mol. The first-order chi connectivity index (χ1) is 6.93. The van der Waals surface area contributed by atoms with Crippen molar-refractivity contribution in [2.24, 2.45) is 0 Å². The van der Waals surface area contributed by atoms with Crippen LogP contribution in [-0.4, -0.2) is 16.1 Å². The fourth-order valence-electron chi connectivity index (χ4n) is 1.22. The van der Waals surface area contributed by atoms with Gasteiger partial charge in [0.05, 0.1) is 6.42 Å². The Bertz CT molecular complexity index is 396. The van der Waals surface area contributed by atoms with E-state index in [1.165, 1.54) is 13.1 Å². The highest BCUT2D eigenvalue weighted by molar-refractivity contribution is 14.1. The first-order valence-electron chi connectivity index (χ1n) is 4.07. The molecule has 1 aromatic rings. The van der Waals surface area contributed by atoms with Crippen molar-refractivity contribution >= 4 is 28.6 Å². The number of carboxylic acids is 1. The minimum absolute atomic E-state index is 0.258. The van der Waals surface area contributed by atoms with E-state index in [1.54, 1.807) is 0 Å². The second-order valence-corrected chi connectivity index (χ2v) is 4.13. The molecule has 0 unspecified atom stereocenters. The van der Waals surface area contributed by atoms with Crippen LogP contribution >= 0.6 is 22.6 Å². The summed E-state index contributed by atoms with van der Waals surface area (Å²) in [6.07, 6.45) is -1.66. The molecule has 1 aromatic heterocycles. The van der Waals surface area contributed by atoms with Crippen molar-refractivity contribution < 1.29 is 18.7 Å². The highest BCUT2D eigenvalue weighted by atomic mass is 127. The van der Waals surface area contributed by atoms with Crippen LogP contribution < -0.4 is 0 Å². The Morgan fingerprint density at radius 1 is 1.67 bits per heavy atom. The minimum atomic E-state index is -2.67. The van der Waals surface area contributed by atoms with Crippen LogP contribution in [0, 0.1) is 10.5 Å². The zero-order chi connectivity index (χ0) is 11.6. The molecule has 15 heavy (non-hydrogen) atoms. The van der Waals surface area contributed by atoms with Crippen LogP contribution in [0.4, 0.5) is 8.78 Å². The topological polar surface area (TPSA) is 50.2 Å². The highest BCUT2D eigenvalue weighted by Gasteiger charge is 2.18. The first-order valence-corrected chi connectivity index (χ1v) is 5.15. The monoisotopic (exact) mass is 327 g/mol. The lowest BCUT2D eigenvalue weighted by atomic mass is 10.1. The molecule has 0 amide bonds. The van der Waals surface area contributed by atoms with Crippen molar-refractivity contribution in [2.45, 2.75) is 19.8 Å². The third-order valence-electron chi connectivity index (χ3n) is 1.98. The van der Waals surface area contributed by atoms with Gasteiger partial charge in [-0.1, -0.05) is 0 Å². The Balaban J connectivity index is 3.23. The van der Waals surface area contributed by atoms with Crippen molar-refractivity contribution in [2.75, 3.05) is 0 Å². The van der Waals surface area contributed by atoms with Gasteiger partial charge in [-0.15, -0.1) is 0 Å². The van der Waals surface area contributed by atoms with Gasteiger partial charge in [0.2, 0.25) is 0 Å². The Kier molecular flexibility index (Phi) is 3.95. The van der Waals surface area contributed by atoms with E-state index in [-0.39, 0.29) is 17.7 Å². The lowest BCUT2D eigenvalue weighted by Crippen LogP contribution is -2.08. The van der Waals surface area contributed by atoms with Crippen LogP contribution in [0.25, 0.3) is 0 Å². The molecule has 0 saturated heterocycles. The molecule has 1 rings (SSSR count). The van der Waals surface area contributed by atoms with Gasteiger partial charge in [-0.05, 0) is 40.6 Å². The smallest absolute Gasteiger partial charge is 0.307 e. The van der Waals surface area contributed by atoms with Crippen LogP contribution in [0.15, 0.2) is 6.20 Å². The summed E-state index contributed by atoms with van der Waals surface area (Å²) in [5.41, 5.74) is 0.333. The average molecular weight is 327 g/mol. The number of carbonyl (C=O) groups is 1. The molecule has 0 atom stereocenters. The van der Waals surface area contributed by atoms with E-state index < -0.39 is 12.4 Å². The predicted octanol–water partition coefficient (Wildman–Crippen LogP) is 2.56. The molecule has 0 saturated carbocycles. The zero-order valence-corrected chi connectivity index (χ0v) is 9.96. The maximum atomic E-state index is 12.5. The summed E-state index contributed by atoms with van der Waals surface area (Å²) in [6, 6.07) is 0. The fraction of sp³-hybridized carbons (Fsp3) is 0.333. The number of aliphatic carboxylic acids is 1. The van der Waals surface area contributed by atoms with Crippen LogP contribution in [0.1, 0.15) is 23.2 Å². The maximum Gasteiger partial charge on any atom is 0.307 e. The van der Waals surface area contributed by atoms with E-state index >= 15 is 0 Å². The molecule has 0 radical (unpaired) electrons. The maximum absolute atomic E-state index is 12.5. The number of aromatic nitrogens is 1. The zero-order valence-electron chi connectivity index (χ0n) is 7.80. The molecule has 6 heteroatoms. The second-order valence-electron chi connectivity index (χ2n) is 2.97. The number of halogens is 3. The molecular weight excluding hydrogens is 319 g/mol. The molecule has 0 bridgehead atoms. The molecule has 1 N–H and O–H groups in total. The summed E-state index contributed by atoms with van der Waals surface area (Å²) in [5.74, 6) is -1.04. The van der Waals surface area contributed by atoms with Gasteiger partial charge in [-0.2, -0.15) is 0 Å². The molecular formula is C9H8F2INO2. The van der Waals surface area contributed by atoms with E-state index in [4.69, 9.17) is 5.11 Å². The van der Waals surface area contributed by atoms with E-state index in [0.29, 0.717) is 9.13 Å². The van der Waals surface area contributed by atoms with Gasteiger partial charge in [0.25, 0.3) is 6.43 Å². The van der Waals surface area contributed by atoms with Gasteiger partial charge in [0.1, 0.15) is 5.69 Å². The fourth-order valence-corrected chi connectivity index (χ4v) is 1.96. The van der Waals surface area contributed by atoms with Gasteiger partial charge in [-0.3, -0.25) is 9.78 Å². The number of nitrogens with zero attached hydrogens (tertiary/aromatic N) is 1. The third kappa shape index (κ3) is 2.83. The third-order valence-corrected chi connectivity index (χ3v) is 2.91. The summed E-state index contributed by atoms with van der Waals surface area (Å²) in [7, 11) is 0. The number of carboxylic acid groups (broad SMARTS) is 1. The number of pyridine rings is 1. The average Bonchev–Trinajstić information content (AvgIpc) is 2.11. The standard InChI is InChI=1S/C9H8F2INO2/c1-4-5(2-7(14)15)6(12)3-13-8(4)9(10)11/h3,9H,2H2,1H3,(H,14,15). The van der Waals surface area contributed by atoms with E-state index in [1.807, 2.05) is 22.6 Å². The quantitative estimate of drug-likeness (QED) is 0.868. The van der Waals surface area contributed by atoms with Gasteiger partial charge in [-0.25, -0.2) is 8.78 Å². The summed E-state index contributed by atoms with van der Waals surface area (Å²) in [6.45, 7) is 1.47. The Morgan fingerprint density at radius 2 is 2.27 bits per heavy atom. The first kappa shape index (κ1) is 12.3. The molecule has 1 heterocycles. The number of rotatable bonds is 3. The number of alkyl halides is 2. The van der Waals surface area contributed by atoms with E-state index in [0.717, 1.165) is 0 Å².